The molecule has 2 heteroatoms. The minimum absolute atomic E-state index is 0.847. The zero-order valence-electron chi connectivity index (χ0n) is 6.04. The van der Waals surface area contributed by atoms with E-state index in [2.05, 4.69) is 23.5 Å². The Balaban J connectivity index is 2.98. The van der Waals surface area contributed by atoms with Gasteiger partial charge in [-0.05, 0) is 12.5 Å². The van der Waals surface area contributed by atoms with Crippen LogP contribution < -0.4 is 0 Å². The van der Waals surface area contributed by atoms with Crippen LogP contribution in [0, 0.1) is 0 Å². The molecule has 0 saturated heterocycles. The summed E-state index contributed by atoms with van der Waals surface area (Å²) in [7, 11) is 0. The third-order valence-corrected chi connectivity index (χ3v) is 1.27. The molecule has 0 radical (unpaired) electrons. The first-order valence-corrected chi connectivity index (χ1v) is 3.30. The summed E-state index contributed by atoms with van der Waals surface area (Å²) in [5, 5.41) is 0. The number of aryl methyl sites for hydroxylation is 1. The molecule has 0 saturated carbocycles. The van der Waals surface area contributed by atoms with Gasteiger partial charge in [-0.1, -0.05) is 13.5 Å². The van der Waals surface area contributed by atoms with E-state index in [1.165, 1.54) is 0 Å². The van der Waals surface area contributed by atoms with Crippen molar-refractivity contribution in [1.82, 2.24) is 9.97 Å². The Morgan fingerprint density at radius 1 is 1.60 bits per heavy atom. The fourth-order valence-electron chi connectivity index (χ4n) is 0.692. The molecule has 0 aliphatic heterocycles. The van der Waals surface area contributed by atoms with Crippen LogP contribution in [0.2, 0.25) is 0 Å². The largest absolute Gasteiger partial charge is 0.261 e. The molecule has 0 aliphatic carbocycles. The Hall–Kier alpha value is -1.18. The Morgan fingerprint density at radius 2 is 2.40 bits per heavy atom. The topological polar surface area (TPSA) is 25.8 Å². The average molecular weight is 134 g/mol. The van der Waals surface area contributed by atoms with Crippen LogP contribution in [0.1, 0.15) is 18.3 Å². The van der Waals surface area contributed by atoms with Crippen molar-refractivity contribution in [2.45, 2.75) is 13.3 Å². The smallest absolute Gasteiger partial charge is 0.0810 e. The molecular formula is C8H10N2. The normalized spacial score (nSPS) is 9.30. The van der Waals surface area contributed by atoms with Gasteiger partial charge in [0.1, 0.15) is 0 Å². The molecular weight excluding hydrogens is 124 g/mol. The predicted molar refractivity (Wildman–Crippen MR) is 41.5 cm³/mol. The fourth-order valence-corrected chi connectivity index (χ4v) is 0.692. The maximum absolute atomic E-state index is 4.23. The van der Waals surface area contributed by atoms with E-state index in [0.717, 1.165) is 17.8 Å². The van der Waals surface area contributed by atoms with Crippen molar-refractivity contribution in [3.8, 4) is 0 Å². The third kappa shape index (κ3) is 1.41. The standard InChI is InChI=1S/C8H10N2/c1-3-7-5-9-6-8(4-2)10-7/h3,5-6H,1,4H2,2H3. The van der Waals surface area contributed by atoms with Gasteiger partial charge in [0.2, 0.25) is 0 Å². The molecule has 10 heavy (non-hydrogen) atoms. The second-order valence-corrected chi connectivity index (χ2v) is 1.99. The van der Waals surface area contributed by atoms with Gasteiger partial charge in [-0.15, -0.1) is 0 Å². The summed E-state index contributed by atoms with van der Waals surface area (Å²) in [6, 6.07) is 0. The van der Waals surface area contributed by atoms with Crippen LogP contribution in [0.5, 0.6) is 0 Å². The molecule has 0 spiro atoms. The minimum Gasteiger partial charge on any atom is -0.261 e. The Kier molecular flexibility index (Phi) is 2.15. The minimum atomic E-state index is 0.847. The maximum Gasteiger partial charge on any atom is 0.0810 e. The Morgan fingerprint density at radius 3 is 3.00 bits per heavy atom. The van der Waals surface area contributed by atoms with E-state index >= 15 is 0 Å². The van der Waals surface area contributed by atoms with Crippen molar-refractivity contribution < 1.29 is 0 Å². The highest BCUT2D eigenvalue weighted by atomic mass is 14.8. The second kappa shape index (κ2) is 3.11. The maximum atomic E-state index is 4.23. The Labute approximate surface area is 60.6 Å². The van der Waals surface area contributed by atoms with Crippen molar-refractivity contribution in [3.05, 3.63) is 30.4 Å². The van der Waals surface area contributed by atoms with Crippen molar-refractivity contribution in [2.24, 2.45) is 0 Å². The summed E-state index contributed by atoms with van der Waals surface area (Å²) in [5.41, 5.74) is 1.86. The van der Waals surface area contributed by atoms with Gasteiger partial charge in [-0.3, -0.25) is 9.97 Å². The van der Waals surface area contributed by atoms with E-state index in [-0.39, 0.29) is 0 Å². The van der Waals surface area contributed by atoms with Gasteiger partial charge >= 0.3 is 0 Å². The summed E-state index contributed by atoms with van der Waals surface area (Å²) >= 11 is 0. The number of rotatable bonds is 2. The van der Waals surface area contributed by atoms with Crippen LogP contribution >= 0.6 is 0 Å². The monoisotopic (exact) mass is 134 g/mol. The molecule has 0 amide bonds. The first-order valence-electron chi connectivity index (χ1n) is 3.30. The number of aromatic nitrogens is 2. The molecule has 52 valence electrons. The van der Waals surface area contributed by atoms with Gasteiger partial charge < -0.3 is 0 Å². The quantitative estimate of drug-likeness (QED) is 0.615. The second-order valence-electron chi connectivity index (χ2n) is 1.99. The third-order valence-electron chi connectivity index (χ3n) is 1.27. The number of hydrogen-bond acceptors (Lipinski definition) is 2. The highest BCUT2D eigenvalue weighted by molar-refractivity contribution is 5.39. The molecule has 1 aromatic heterocycles. The molecule has 1 aromatic rings. The lowest BCUT2D eigenvalue weighted by atomic mass is 10.3. The molecule has 0 atom stereocenters. The first kappa shape index (κ1) is 6.93. The molecule has 0 bridgehead atoms. The number of hydrogen-bond donors (Lipinski definition) is 0. The summed E-state index contributed by atoms with van der Waals surface area (Å²) in [6.07, 6.45) is 6.10. The molecule has 0 N–H and O–H groups in total. The molecule has 0 aromatic carbocycles. The summed E-state index contributed by atoms with van der Waals surface area (Å²) in [5.74, 6) is 0. The molecule has 1 heterocycles. The highest BCUT2D eigenvalue weighted by Gasteiger charge is 1.90. The van der Waals surface area contributed by atoms with Crippen molar-refractivity contribution in [1.29, 1.82) is 0 Å². The molecule has 1 rings (SSSR count). The summed E-state index contributed by atoms with van der Waals surface area (Å²) < 4.78 is 0. The SMILES string of the molecule is C=Cc1cncc(CC)n1. The lowest BCUT2D eigenvalue weighted by Crippen LogP contribution is -1.90. The van der Waals surface area contributed by atoms with Crippen LogP contribution in [0.15, 0.2) is 19.0 Å². The van der Waals surface area contributed by atoms with Crippen molar-refractivity contribution >= 4 is 6.08 Å². The zero-order valence-corrected chi connectivity index (χ0v) is 6.04. The molecule has 0 aliphatic rings. The van der Waals surface area contributed by atoms with Crippen LogP contribution in [-0.4, -0.2) is 9.97 Å². The predicted octanol–water partition coefficient (Wildman–Crippen LogP) is 1.68. The van der Waals surface area contributed by atoms with Gasteiger partial charge in [-0.25, -0.2) is 0 Å². The van der Waals surface area contributed by atoms with Crippen molar-refractivity contribution in [3.63, 3.8) is 0 Å². The van der Waals surface area contributed by atoms with E-state index in [4.69, 9.17) is 0 Å². The lowest BCUT2D eigenvalue weighted by molar-refractivity contribution is 0.992. The summed E-state index contributed by atoms with van der Waals surface area (Å²) in [6.45, 7) is 5.66. The van der Waals surface area contributed by atoms with Crippen LogP contribution in [0.4, 0.5) is 0 Å². The van der Waals surface area contributed by atoms with Gasteiger partial charge in [0.25, 0.3) is 0 Å². The van der Waals surface area contributed by atoms with E-state index in [1.807, 2.05) is 0 Å². The van der Waals surface area contributed by atoms with E-state index in [0.29, 0.717) is 0 Å². The van der Waals surface area contributed by atoms with Gasteiger partial charge in [0, 0.05) is 6.20 Å². The highest BCUT2D eigenvalue weighted by Crippen LogP contribution is 1.97. The molecule has 2 nitrogen and oxygen atoms in total. The zero-order chi connectivity index (χ0) is 7.40. The van der Waals surface area contributed by atoms with Crippen LogP contribution in [0.25, 0.3) is 6.08 Å². The lowest BCUT2D eigenvalue weighted by Gasteiger charge is -1.94. The number of nitrogens with zero attached hydrogens (tertiary/aromatic N) is 2. The van der Waals surface area contributed by atoms with Crippen LogP contribution in [0.3, 0.4) is 0 Å². The Bertz CT molecular complexity index is 230. The van der Waals surface area contributed by atoms with E-state index in [9.17, 15) is 0 Å². The fraction of sp³-hybridized carbons (Fsp3) is 0.250. The molecule has 0 fully saturated rings. The first-order chi connectivity index (χ1) is 4.86. The summed E-state index contributed by atoms with van der Waals surface area (Å²) in [4.78, 5) is 8.22. The average Bonchev–Trinajstić information content (AvgIpc) is 2.05. The van der Waals surface area contributed by atoms with E-state index < -0.39 is 0 Å². The van der Waals surface area contributed by atoms with E-state index in [1.54, 1.807) is 18.5 Å². The van der Waals surface area contributed by atoms with Gasteiger partial charge in [0.15, 0.2) is 0 Å². The van der Waals surface area contributed by atoms with Crippen molar-refractivity contribution in [2.75, 3.05) is 0 Å². The van der Waals surface area contributed by atoms with Gasteiger partial charge in [-0.2, -0.15) is 0 Å². The molecule has 0 unspecified atom stereocenters. The van der Waals surface area contributed by atoms with Gasteiger partial charge in [0.05, 0.1) is 17.6 Å². The van der Waals surface area contributed by atoms with Crippen LogP contribution in [-0.2, 0) is 6.42 Å².